The number of piperidine rings is 1. The second-order valence-corrected chi connectivity index (χ2v) is 9.36. The van der Waals surface area contributed by atoms with E-state index in [2.05, 4.69) is 33.7 Å². The van der Waals surface area contributed by atoms with Crippen LogP contribution in [-0.4, -0.2) is 33.4 Å². The van der Waals surface area contributed by atoms with Crippen molar-refractivity contribution in [3.05, 3.63) is 77.8 Å². The Morgan fingerprint density at radius 1 is 1.06 bits per heavy atom. The van der Waals surface area contributed by atoms with Crippen molar-refractivity contribution in [1.82, 2.24) is 19.9 Å². The normalized spacial score (nSPS) is 14.7. The van der Waals surface area contributed by atoms with Crippen LogP contribution in [0.25, 0.3) is 27.7 Å². The summed E-state index contributed by atoms with van der Waals surface area (Å²) in [4.78, 5) is 22.4. The Hall–Kier alpha value is -3.38. The number of carbonyl (C=O) groups excluding carboxylic acids is 1. The standard InChI is InChI=1S/C28H29FN4O/c1-17(2)21-8-12-31-15-24(21)23-14-20(29)4-5-25(23)33-18(3)27(22-9-13-32-16-26(22)33)28(34)19-6-10-30-11-7-19/h4-5,8-9,12-17,19,30H,6-7,10-11H2,1-3H3. The lowest BCUT2D eigenvalue weighted by Crippen LogP contribution is -2.32. The molecule has 0 radical (unpaired) electrons. The number of Topliss-reactive ketones (excluding diaryl/α,β-unsaturated/α-hetero) is 1. The number of pyridine rings is 2. The van der Waals surface area contributed by atoms with Gasteiger partial charge in [0.1, 0.15) is 5.82 Å². The molecule has 0 spiro atoms. The molecule has 0 atom stereocenters. The summed E-state index contributed by atoms with van der Waals surface area (Å²) >= 11 is 0. The van der Waals surface area contributed by atoms with Gasteiger partial charge in [-0.15, -0.1) is 0 Å². The highest BCUT2D eigenvalue weighted by atomic mass is 19.1. The van der Waals surface area contributed by atoms with E-state index in [0.717, 1.165) is 70.5 Å². The number of benzene rings is 1. The fourth-order valence-electron chi connectivity index (χ4n) is 5.23. The Morgan fingerprint density at radius 2 is 1.79 bits per heavy atom. The second-order valence-electron chi connectivity index (χ2n) is 9.36. The molecule has 174 valence electrons. The minimum Gasteiger partial charge on any atom is -0.317 e. The maximum Gasteiger partial charge on any atom is 0.168 e. The van der Waals surface area contributed by atoms with E-state index in [9.17, 15) is 9.18 Å². The maximum absolute atomic E-state index is 14.6. The van der Waals surface area contributed by atoms with E-state index in [4.69, 9.17) is 0 Å². The number of ketones is 1. The SMILES string of the molecule is Cc1c(C(=O)C2CCNCC2)c2ccncc2n1-c1ccc(F)cc1-c1cnccc1C(C)C. The molecule has 34 heavy (non-hydrogen) atoms. The van der Waals surface area contributed by atoms with E-state index in [1.807, 2.05) is 19.1 Å². The summed E-state index contributed by atoms with van der Waals surface area (Å²) in [6.45, 7) is 7.93. The van der Waals surface area contributed by atoms with Crippen LogP contribution in [0, 0.1) is 18.7 Å². The minimum absolute atomic E-state index is 0.00530. The van der Waals surface area contributed by atoms with Crippen LogP contribution in [0.15, 0.2) is 55.1 Å². The zero-order valence-electron chi connectivity index (χ0n) is 19.8. The lowest BCUT2D eigenvalue weighted by Gasteiger charge is -2.22. The van der Waals surface area contributed by atoms with Crippen LogP contribution in [-0.2, 0) is 0 Å². The van der Waals surface area contributed by atoms with Gasteiger partial charge in [0.2, 0.25) is 0 Å². The fraction of sp³-hybridized carbons (Fsp3) is 0.321. The van der Waals surface area contributed by atoms with E-state index in [1.165, 1.54) is 6.07 Å². The van der Waals surface area contributed by atoms with Crippen LogP contribution in [0.4, 0.5) is 4.39 Å². The number of nitrogens with one attached hydrogen (secondary N) is 1. The molecule has 0 unspecified atom stereocenters. The summed E-state index contributed by atoms with van der Waals surface area (Å²) < 4.78 is 16.6. The summed E-state index contributed by atoms with van der Waals surface area (Å²) in [5, 5.41) is 4.23. The van der Waals surface area contributed by atoms with Gasteiger partial charge in [-0.05, 0) is 74.7 Å². The molecule has 0 amide bonds. The van der Waals surface area contributed by atoms with Gasteiger partial charge in [-0.25, -0.2) is 4.39 Å². The second kappa shape index (κ2) is 9.11. The quantitative estimate of drug-likeness (QED) is 0.383. The number of hydrogen-bond acceptors (Lipinski definition) is 4. The first-order valence-electron chi connectivity index (χ1n) is 11.9. The van der Waals surface area contributed by atoms with Gasteiger partial charge in [-0.2, -0.15) is 0 Å². The number of hydrogen-bond donors (Lipinski definition) is 1. The molecule has 1 saturated heterocycles. The molecule has 5 rings (SSSR count). The minimum atomic E-state index is -0.310. The van der Waals surface area contributed by atoms with Crippen molar-refractivity contribution >= 4 is 16.7 Å². The molecule has 1 aliphatic heterocycles. The van der Waals surface area contributed by atoms with E-state index >= 15 is 0 Å². The molecule has 5 nitrogen and oxygen atoms in total. The first-order valence-corrected chi connectivity index (χ1v) is 11.9. The lowest BCUT2D eigenvalue weighted by atomic mass is 9.88. The molecule has 1 aromatic carbocycles. The highest BCUT2D eigenvalue weighted by molar-refractivity contribution is 6.11. The lowest BCUT2D eigenvalue weighted by molar-refractivity contribution is 0.0896. The average molecular weight is 457 g/mol. The van der Waals surface area contributed by atoms with Crippen molar-refractivity contribution in [2.24, 2.45) is 5.92 Å². The van der Waals surface area contributed by atoms with Crippen molar-refractivity contribution in [3.63, 3.8) is 0 Å². The zero-order valence-corrected chi connectivity index (χ0v) is 19.8. The molecule has 4 aromatic rings. The molecule has 4 heterocycles. The highest BCUT2D eigenvalue weighted by Gasteiger charge is 2.29. The topological polar surface area (TPSA) is 59.8 Å². The van der Waals surface area contributed by atoms with Gasteiger partial charge in [0.05, 0.1) is 17.4 Å². The van der Waals surface area contributed by atoms with Gasteiger partial charge in [0.15, 0.2) is 5.78 Å². The number of carbonyl (C=O) groups is 1. The van der Waals surface area contributed by atoms with Crippen molar-refractivity contribution in [3.8, 4) is 16.8 Å². The Kier molecular flexibility index (Phi) is 6.00. The average Bonchev–Trinajstić information content (AvgIpc) is 3.15. The van der Waals surface area contributed by atoms with Gasteiger partial charge in [-0.3, -0.25) is 14.8 Å². The van der Waals surface area contributed by atoms with E-state index < -0.39 is 0 Å². The van der Waals surface area contributed by atoms with Crippen LogP contribution in [0.1, 0.15) is 54.2 Å². The molecule has 6 heteroatoms. The van der Waals surface area contributed by atoms with Gasteiger partial charge >= 0.3 is 0 Å². The summed E-state index contributed by atoms with van der Waals surface area (Å²) in [5.74, 6) is 0.124. The molecule has 0 aliphatic carbocycles. The third-order valence-corrected chi connectivity index (χ3v) is 6.93. The number of nitrogens with zero attached hydrogens (tertiary/aromatic N) is 3. The van der Waals surface area contributed by atoms with E-state index in [1.54, 1.807) is 36.9 Å². The molecule has 1 aliphatic rings. The Bertz CT molecular complexity index is 1370. The molecule has 3 aromatic heterocycles. The molecule has 0 bridgehead atoms. The largest absolute Gasteiger partial charge is 0.317 e. The molecular weight excluding hydrogens is 427 g/mol. The first-order chi connectivity index (χ1) is 16.5. The monoisotopic (exact) mass is 456 g/mol. The molecule has 1 N–H and O–H groups in total. The smallest absolute Gasteiger partial charge is 0.168 e. The third-order valence-electron chi connectivity index (χ3n) is 6.93. The summed E-state index contributed by atoms with van der Waals surface area (Å²) in [5.41, 5.74) is 6.01. The predicted molar refractivity (Wildman–Crippen MR) is 133 cm³/mol. The molecule has 0 saturated carbocycles. The number of aromatic nitrogens is 3. The highest BCUT2D eigenvalue weighted by Crippen LogP contribution is 2.38. The van der Waals surface area contributed by atoms with Crippen LogP contribution >= 0.6 is 0 Å². The van der Waals surface area contributed by atoms with Crippen molar-refractivity contribution in [1.29, 1.82) is 0 Å². The Morgan fingerprint density at radius 3 is 2.56 bits per heavy atom. The van der Waals surface area contributed by atoms with Gasteiger partial charge in [-0.1, -0.05) is 13.8 Å². The number of halogens is 1. The number of fused-ring (bicyclic) bond motifs is 1. The van der Waals surface area contributed by atoms with Crippen LogP contribution < -0.4 is 5.32 Å². The van der Waals surface area contributed by atoms with E-state index in [0.29, 0.717) is 0 Å². The molecular formula is C28H29FN4O. The zero-order chi connectivity index (χ0) is 23.8. The van der Waals surface area contributed by atoms with E-state index in [-0.39, 0.29) is 23.4 Å². The Labute approximate surface area is 199 Å². The molecule has 1 fully saturated rings. The van der Waals surface area contributed by atoms with Crippen LogP contribution in [0.3, 0.4) is 0 Å². The van der Waals surface area contributed by atoms with Gasteiger partial charge in [0.25, 0.3) is 0 Å². The van der Waals surface area contributed by atoms with Crippen molar-refractivity contribution in [2.45, 2.75) is 39.5 Å². The van der Waals surface area contributed by atoms with Gasteiger partial charge < -0.3 is 9.88 Å². The van der Waals surface area contributed by atoms with Crippen LogP contribution in [0.5, 0.6) is 0 Å². The summed E-state index contributed by atoms with van der Waals surface area (Å²) in [6, 6.07) is 8.73. The van der Waals surface area contributed by atoms with Crippen molar-refractivity contribution < 1.29 is 9.18 Å². The first kappa shape index (κ1) is 22.4. The summed E-state index contributed by atoms with van der Waals surface area (Å²) in [6.07, 6.45) is 8.77. The Balaban J connectivity index is 1.76. The third kappa shape index (κ3) is 3.82. The maximum atomic E-state index is 14.6. The fourth-order valence-corrected chi connectivity index (χ4v) is 5.23. The van der Waals surface area contributed by atoms with Crippen molar-refractivity contribution in [2.75, 3.05) is 13.1 Å². The summed E-state index contributed by atoms with van der Waals surface area (Å²) in [7, 11) is 0. The predicted octanol–water partition coefficient (Wildman–Crippen LogP) is 5.84. The van der Waals surface area contributed by atoms with Crippen LogP contribution in [0.2, 0.25) is 0 Å². The number of rotatable bonds is 5. The van der Waals surface area contributed by atoms with Gasteiger partial charge in [0, 0.05) is 52.3 Å².